The number of nitrogens with zero attached hydrogens (tertiary/aromatic N) is 1. The maximum absolute atomic E-state index is 12.8. The van der Waals surface area contributed by atoms with E-state index < -0.39 is 23.3 Å². The monoisotopic (exact) mass is 422 g/mol. The molecule has 2 N–H and O–H groups in total. The summed E-state index contributed by atoms with van der Waals surface area (Å²) in [5.41, 5.74) is 6.53. The summed E-state index contributed by atoms with van der Waals surface area (Å²) >= 11 is 0. The van der Waals surface area contributed by atoms with E-state index in [9.17, 15) is 14.4 Å². The van der Waals surface area contributed by atoms with Gasteiger partial charge in [-0.1, -0.05) is 36.4 Å². The van der Waals surface area contributed by atoms with Crippen LogP contribution in [0, 0.1) is 6.92 Å². The van der Waals surface area contributed by atoms with Crippen LogP contribution in [0.5, 0.6) is 5.75 Å². The molecule has 0 aliphatic carbocycles. The lowest BCUT2D eigenvalue weighted by molar-refractivity contribution is -0.158. The third-order valence-corrected chi connectivity index (χ3v) is 5.08. The van der Waals surface area contributed by atoms with E-state index in [4.69, 9.17) is 15.2 Å². The minimum atomic E-state index is -1.30. The van der Waals surface area contributed by atoms with Gasteiger partial charge in [0, 0.05) is 12.2 Å². The predicted molar refractivity (Wildman–Crippen MR) is 117 cm³/mol. The second-order valence-electron chi connectivity index (χ2n) is 7.71. The number of benzene rings is 2. The van der Waals surface area contributed by atoms with Gasteiger partial charge in [0.1, 0.15) is 5.75 Å². The smallest absolute Gasteiger partial charge is 0.349 e. The van der Waals surface area contributed by atoms with Crippen LogP contribution >= 0.6 is 0 Å². The third kappa shape index (κ3) is 4.30. The molecule has 0 radical (unpaired) electrons. The molecule has 0 aliphatic rings. The lowest BCUT2D eigenvalue weighted by Gasteiger charge is -2.24. The van der Waals surface area contributed by atoms with Gasteiger partial charge in [0.25, 0.3) is 11.7 Å². The van der Waals surface area contributed by atoms with Crippen molar-refractivity contribution in [1.82, 2.24) is 4.57 Å². The highest BCUT2D eigenvalue weighted by atomic mass is 16.6. The van der Waals surface area contributed by atoms with Crippen molar-refractivity contribution in [2.24, 2.45) is 5.73 Å². The lowest BCUT2D eigenvalue weighted by atomic mass is 10.0. The first-order valence-electron chi connectivity index (χ1n) is 10.0. The van der Waals surface area contributed by atoms with Crippen LogP contribution in [0.4, 0.5) is 0 Å². The number of nitrogens with two attached hydrogens (primary N) is 1. The summed E-state index contributed by atoms with van der Waals surface area (Å²) < 4.78 is 13.1. The number of carbonyl (C=O) groups excluding carboxylic acids is 3. The zero-order valence-corrected chi connectivity index (χ0v) is 18.1. The number of fused-ring (bicyclic) bond motifs is 1. The van der Waals surface area contributed by atoms with Crippen molar-refractivity contribution in [3.05, 3.63) is 65.4 Å². The van der Waals surface area contributed by atoms with Gasteiger partial charge in [-0.05, 0) is 45.4 Å². The molecule has 0 unspecified atom stereocenters. The number of rotatable bonds is 8. The maximum atomic E-state index is 12.8. The normalized spacial score (nSPS) is 11.4. The van der Waals surface area contributed by atoms with Crippen LogP contribution in [0.1, 0.15) is 42.4 Å². The molecule has 7 nitrogen and oxygen atoms in total. The van der Waals surface area contributed by atoms with E-state index in [0.717, 1.165) is 5.56 Å². The zero-order chi connectivity index (χ0) is 22.8. The van der Waals surface area contributed by atoms with Crippen molar-refractivity contribution >= 4 is 28.6 Å². The molecule has 3 aromatic rings. The number of ether oxygens (including phenoxy) is 2. The minimum absolute atomic E-state index is 0.175. The molecule has 1 amide bonds. The third-order valence-electron chi connectivity index (χ3n) is 5.08. The molecule has 1 aromatic heterocycles. The fourth-order valence-electron chi connectivity index (χ4n) is 3.57. The summed E-state index contributed by atoms with van der Waals surface area (Å²) in [6, 6.07) is 15.0. The first-order valence-corrected chi connectivity index (χ1v) is 10.0. The number of hydrogen-bond donors (Lipinski definition) is 1. The number of hydrogen-bond acceptors (Lipinski definition) is 5. The molecule has 0 spiro atoms. The zero-order valence-electron chi connectivity index (χ0n) is 18.1. The van der Waals surface area contributed by atoms with Crippen LogP contribution in [-0.4, -0.2) is 34.4 Å². The van der Waals surface area contributed by atoms with E-state index in [1.807, 2.05) is 41.0 Å². The lowest BCUT2D eigenvalue weighted by Crippen LogP contribution is -2.39. The largest absolute Gasteiger partial charge is 0.475 e. The molecular weight excluding hydrogens is 396 g/mol. The average molecular weight is 422 g/mol. The molecule has 0 aliphatic heterocycles. The van der Waals surface area contributed by atoms with Crippen molar-refractivity contribution in [2.45, 2.75) is 39.8 Å². The van der Waals surface area contributed by atoms with Gasteiger partial charge < -0.3 is 19.8 Å². The highest BCUT2D eigenvalue weighted by Gasteiger charge is 2.34. The number of ketones is 1. The Kier molecular flexibility index (Phi) is 6.15. The second-order valence-corrected chi connectivity index (χ2v) is 7.71. The number of amides is 1. The van der Waals surface area contributed by atoms with Crippen molar-refractivity contribution in [3.8, 4) is 5.75 Å². The van der Waals surface area contributed by atoms with Gasteiger partial charge in [-0.15, -0.1) is 0 Å². The number of carbonyl (C=O) groups is 3. The maximum Gasteiger partial charge on any atom is 0.349 e. The van der Waals surface area contributed by atoms with E-state index in [2.05, 4.69) is 0 Å². The van der Waals surface area contributed by atoms with Gasteiger partial charge >= 0.3 is 5.97 Å². The van der Waals surface area contributed by atoms with E-state index >= 15 is 0 Å². The van der Waals surface area contributed by atoms with E-state index in [1.54, 1.807) is 39.8 Å². The number of primary amides is 1. The van der Waals surface area contributed by atoms with E-state index in [1.165, 1.54) is 0 Å². The minimum Gasteiger partial charge on any atom is -0.475 e. The van der Waals surface area contributed by atoms with Gasteiger partial charge in [0.2, 0.25) is 0 Å². The highest BCUT2D eigenvalue weighted by Crippen LogP contribution is 2.36. The van der Waals surface area contributed by atoms with Crippen molar-refractivity contribution in [3.63, 3.8) is 0 Å². The Labute approximate surface area is 180 Å². The summed E-state index contributed by atoms with van der Waals surface area (Å²) in [6.07, 6.45) is 0. The Balaban J connectivity index is 2.21. The van der Waals surface area contributed by atoms with Crippen LogP contribution < -0.4 is 10.5 Å². The molecule has 3 rings (SSSR count). The van der Waals surface area contributed by atoms with Gasteiger partial charge in [-0.25, -0.2) is 4.79 Å². The van der Waals surface area contributed by atoms with E-state index in [0.29, 0.717) is 28.9 Å². The van der Waals surface area contributed by atoms with Crippen LogP contribution in [-0.2, 0) is 20.9 Å². The fraction of sp³-hybridized carbons (Fsp3) is 0.292. The molecule has 0 saturated heterocycles. The van der Waals surface area contributed by atoms with Crippen molar-refractivity contribution in [2.75, 3.05) is 6.61 Å². The van der Waals surface area contributed by atoms with Crippen LogP contribution in [0.2, 0.25) is 0 Å². The summed E-state index contributed by atoms with van der Waals surface area (Å²) in [6.45, 7) is 7.36. The number of esters is 1. The molecule has 31 heavy (non-hydrogen) atoms. The van der Waals surface area contributed by atoms with Crippen LogP contribution in [0.3, 0.4) is 0 Å². The molecule has 1 heterocycles. The molecular formula is C24H26N2O5. The SMILES string of the molecule is CCOC(=O)C(C)(C)Oc1cccc2c1c(C(=O)C(N)=O)c(C)n2Cc1ccccc1. The molecule has 0 atom stereocenters. The Hall–Kier alpha value is -3.61. The highest BCUT2D eigenvalue weighted by molar-refractivity contribution is 6.45. The average Bonchev–Trinajstić information content (AvgIpc) is 3.00. The topological polar surface area (TPSA) is 101 Å². The predicted octanol–water partition coefficient (Wildman–Crippen LogP) is 3.39. The molecule has 0 bridgehead atoms. The Morgan fingerprint density at radius 2 is 1.71 bits per heavy atom. The molecule has 162 valence electrons. The summed E-state index contributed by atoms with van der Waals surface area (Å²) in [4.78, 5) is 36.9. The van der Waals surface area contributed by atoms with Crippen molar-refractivity contribution in [1.29, 1.82) is 0 Å². The molecule has 7 heteroatoms. The van der Waals surface area contributed by atoms with Gasteiger partial charge in [-0.2, -0.15) is 0 Å². The summed E-state index contributed by atoms with van der Waals surface area (Å²) in [5.74, 6) is -2.09. The van der Waals surface area contributed by atoms with E-state index in [-0.39, 0.29) is 12.2 Å². The van der Waals surface area contributed by atoms with Gasteiger partial charge in [-0.3, -0.25) is 9.59 Å². The Morgan fingerprint density at radius 3 is 2.32 bits per heavy atom. The van der Waals surface area contributed by atoms with Gasteiger partial charge in [0.05, 0.1) is 23.1 Å². The number of aromatic nitrogens is 1. The first-order chi connectivity index (χ1) is 14.7. The molecule has 0 fully saturated rings. The number of Topliss-reactive ketones (excluding diaryl/α,β-unsaturated/α-hetero) is 1. The quantitative estimate of drug-likeness (QED) is 0.341. The molecule has 2 aromatic carbocycles. The Morgan fingerprint density at radius 1 is 1.03 bits per heavy atom. The standard InChI is InChI=1S/C24H26N2O5/c1-5-30-23(29)24(3,4)31-18-13-9-12-17-20(18)19(21(27)22(25)28)15(2)26(17)14-16-10-7-6-8-11-16/h6-13H,5,14H2,1-4H3,(H2,25,28). The second kappa shape index (κ2) is 8.63. The van der Waals surface area contributed by atoms with Crippen LogP contribution in [0.15, 0.2) is 48.5 Å². The fourth-order valence-corrected chi connectivity index (χ4v) is 3.57. The van der Waals surface area contributed by atoms with Gasteiger partial charge in [0.15, 0.2) is 5.60 Å². The first kappa shape index (κ1) is 22.1. The van der Waals surface area contributed by atoms with Crippen LogP contribution in [0.25, 0.3) is 10.9 Å². The van der Waals surface area contributed by atoms with Crippen molar-refractivity contribution < 1.29 is 23.9 Å². The summed E-state index contributed by atoms with van der Waals surface area (Å²) in [7, 11) is 0. The Bertz CT molecular complexity index is 1150. The summed E-state index contributed by atoms with van der Waals surface area (Å²) in [5, 5.41) is 0.442. The molecule has 0 saturated carbocycles.